The number of aromatic nitrogens is 1. The highest BCUT2D eigenvalue weighted by atomic mass is 79.9. The van der Waals surface area contributed by atoms with Crippen LogP contribution in [0.3, 0.4) is 0 Å². The van der Waals surface area contributed by atoms with Gasteiger partial charge in [-0.05, 0) is 44.0 Å². The molecule has 18 heavy (non-hydrogen) atoms. The molecule has 0 amide bonds. The van der Waals surface area contributed by atoms with Gasteiger partial charge in [-0.3, -0.25) is 0 Å². The zero-order valence-corrected chi connectivity index (χ0v) is 13.0. The van der Waals surface area contributed by atoms with Gasteiger partial charge in [0.1, 0.15) is 0 Å². The molecule has 0 atom stereocenters. The van der Waals surface area contributed by atoms with Crippen LogP contribution in [0.15, 0.2) is 32.5 Å². The molecule has 0 unspecified atom stereocenters. The smallest absolute Gasteiger partial charge is 0.365 e. The Labute approximate surface area is 124 Å². The van der Waals surface area contributed by atoms with Crippen LogP contribution in [0, 0.1) is 0 Å². The molecule has 94 valence electrons. The molecule has 0 aliphatic carbocycles. The van der Waals surface area contributed by atoms with Crippen molar-refractivity contribution in [2.24, 2.45) is 0 Å². The fourth-order valence-corrected chi connectivity index (χ4v) is 3.27. The van der Waals surface area contributed by atoms with Crippen molar-refractivity contribution in [3.63, 3.8) is 0 Å². The number of aromatic carboxylic acids is 1. The summed E-state index contributed by atoms with van der Waals surface area (Å²) < 4.78 is 1.87. The third kappa shape index (κ3) is 3.09. The number of benzene rings is 1. The number of nitrogens with zero attached hydrogens (tertiary/aromatic N) is 1. The SMILES string of the molecule is O=C(O)c1nc(CNc2c(Br)cccc2Br)cs1. The van der Waals surface area contributed by atoms with E-state index in [0.717, 1.165) is 26.0 Å². The first-order chi connectivity index (χ1) is 8.58. The first kappa shape index (κ1) is 13.5. The minimum Gasteiger partial charge on any atom is -0.476 e. The Bertz CT molecular complexity index is 566. The number of hydrogen-bond acceptors (Lipinski definition) is 4. The van der Waals surface area contributed by atoms with Gasteiger partial charge in [0.25, 0.3) is 0 Å². The van der Waals surface area contributed by atoms with Crippen molar-refractivity contribution < 1.29 is 9.90 Å². The van der Waals surface area contributed by atoms with Crippen LogP contribution in [-0.4, -0.2) is 16.1 Å². The number of thiazole rings is 1. The molecule has 0 radical (unpaired) electrons. The van der Waals surface area contributed by atoms with Crippen LogP contribution in [0.4, 0.5) is 5.69 Å². The number of hydrogen-bond donors (Lipinski definition) is 2. The third-order valence-electron chi connectivity index (χ3n) is 2.14. The molecule has 2 aromatic rings. The van der Waals surface area contributed by atoms with E-state index in [0.29, 0.717) is 12.2 Å². The number of carboxylic acids is 1. The molecule has 0 aliphatic rings. The summed E-state index contributed by atoms with van der Waals surface area (Å²) in [7, 11) is 0. The van der Waals surface area contributed by atoms with Crippen molar-refractivity contribution in [3.8, 4) is 0 Å². The Morgan fingerprint density at radius 1 is 1.39 bits per heavy atom. The van der Waals surface area contributed by atoms with Gasteiger partial charge in [0.2, 0.25) is 5.01 Å². The van der Waals surface area contributed by atoms with E-state index in [-0.39, 0.29) is 5.01 Å². The van der Waals surface area contributed by atoms with Gasteiger partial charge in [0.15, 0.2) is 0 Å². The van der Waals surface area contributed by atoms with Crippen molar-refractivity contribution in [2.45, 2.75) is 6.54 Å². The second kappa shape index (κ2) is 5.81. The van der Waals surface area contributed by atoms with E-state index in [9.17, 15) is 4.79 Å². The van der Waals surface area contributed by atoms with Crippen LogP contribution in [0.5, 0.6) is 0 Å². The number of carbonyl (C=O) groups is 1. The monoisotopic (exact) mass is 390 g/mol. The lowest BCUT2D eigenvalue weighted by molar-refractivity contribution is 0.0696. The zero-order valence-electron chi connectivity index (χ0n) is 8.98. The predicted molar refractivity (Wildman–Crippen MR) is 78.2 cm³/mol. The first-order valence-corrected chi connectivity index (χ1v) is 7.40. The highest BCUT2D eigenvalue weighted by molar-refractivity contribution is 9.11. The lowest BCUT2D eigenvalue weighted by atomic mass is 10.3. The molecule has 4 nitrogen and oxygen atoms in total. The summed E-state index contributed by atoms with van der Waals surface area (Å²) in [5.74, 6) is -0.992. The Morgan fingerprint density at radius 3 is 2.61 bits per heavy atom. The van der Waals surface area contributed by atoms with Crippen molar-refractivity contribution >= 4 is 54.9 Å². The van der Waals surface area contributed by atoms with Gasteiger partial charge < -0.3 is 10.4 Å². The van der Waals surface area contributed by atoms with Gasteiger partial charge in [-0.2, -0.15) is 0 Å². The van der Waals surface area contributed by atoms with E-state index in [1.807, 2.05) is 18.2 Å². The quantitative estimate of drug-likeness (QED) is 0.827. The average molecular weight is 392 g/mol. The standard InChI is InChI=1S/C11H8Br2N2O2S/c12-7-2-1-3-8(13)9(7)14-4-6-5-18-10(15-6)11(16)17/h1-3,5,14H,4H2,(H,16,17). The Morgan fingerprint density at radius 2 is 2.06 bits per heavy atom. The molecular formula is C11H8Br2N2O2S. The number of para-hydroxylation sites is 1. The Hall–Kier alpha value is -0.920. The largest absolute Gasteiger partial charge is 0.476 e. The Kier molecular flexibility index (Phi) is 4.36. The lowest BCUT2D eigenvalue weighted by Gasteiger charge is -2.09. The van der Waals surface area contributed by atoms with E-state index in [2.05, 4.69) is 42.2 Å². The first-order valence-electron chi connectivity index (χ1n) is 4.93. The summed E-state index contributed by atoms with van der Waals surface area (Å²) in [5, 5.41) is 13.8. The predicted octanol–water partition coefficient (Wildman–Crippen LogP) is 3.98. The summed E-state index contributed by atoms with van der Waals surface area (Å²) in [6.07, 6.45) is 0. The number of halogens is 2. The Balaban J connectivity index is 2.09. The summed E-state index contributed by atoms with van der Waals surface area (Å²) in [5.41, 5.74) is 1.63. The van der Waals surface area contributed by atoms with E-state index in [4.69, 9.17) is 5.11 Å². The molecule has 1 heterocycles. The zero-order chi connectivity index (χ0) is 13.1. The summed E-state index contributed by atoms with van der Waals surface area (Å²) in [6.45, 7) is 0.477. The summed E-state index contributed by atoms with van der Waals surface area (Å²) in [6, 6.07) is 5.78. The third-order valence-corrected chi connectivity index (χ3v) is 4.34. The maximum atomic E-state index is 10.7. The highest BCUT2D eigenvalue weighted by Gasteiger charge is 2.09. The highest BCUT2D eigenvalue weighted by Crippen LogP contribution is 2.30. The molecule has 2 N–H and O–H groups in total. The number of nitrogens with one attached hydrogen (secondary N) is 1. The van der Waals surface area contributed by atoms with Crippen LogP contribution >= 0.6 is 43.2 Å². The van der Waals surface area contributed by atoms with E-state index in [1.165, 1.54) is 0 Å². The fourth-order valence-electron chi connectivity index (χ4n) is 1.33. The minimum absolute atomic E-state index is 0.109. The molecule has 0 fully saturated rings. The lowest BCUT2D eigenvalue weighted by Crippen LogP contribution is -2.02. The van der Waals surface area contributed by atoms with Gasteiger partial charge in [0.05, 0.1) is 17.9 Å². The number of carboxylic acid groups (broad SMARTS) is 1. The van der Waals surface area contributed by atoms with Crippen molar-refractivity contribution in [1.82, 2.24) is 4.98 Å². The number of rotatable bonds is 4. The van der Waals surface area contributed by atoms with Gasteiger partial charge in [-0.1, -0.05) is 6.07 Å². The molecule has 2 rings (SSSR count). The molecule has 0 aliphatic heterocycles. The molecular weight excluding hydrogens is 384 g/mol. The second-order valence-corrected chi connectivity index (χ2v) is 5.97. The molecule has 0 saturated carbocycles. The fraction of sp³-hybridized carbons (Fsp3) is 0.0909. The summed E-state index contributed by atoms with van der Waals surface area (Å²) in [4.78, 5) is 14.7. The van der Waals surface area contributed by atoms with Crippen LogP contribution in [0.2, 0.25) is 0 Å². The van der Waals surface area contributed by atoms with Gasteiger partial charge in [-0.25, -0.2) is 9.78 Å². The normalized spacial score (nSPS) is 10.3. The van der Waals surface area contributed by atoms with Crippen LogP contribution < -0.4 is 5.32 Å². The van der Waals surface area contributed by atoms with E-state index >= 15 is 0 Å². The molecule has 0 spiro atoms. The van der Waals surface area contributed by atoms with Crippen molar-refractivity contribution in [1.29, 1.82) is 0 Å². The maximum Gasteiger partial charge on any atom is 0.365 e. The van der Waals surface area contributed by atoms with Crippen molar-refractivity contribution in [2.75, 3.05) is 5.32 Å². The average Bonchev–Trinajstić information content (AvgIpc) is 2.77. The molecule has 0 saturated heterocycles. The molecule has 7 heteroatoms. The van der Waals surface area contributed by atoms with Gasteiger partial charge in [0, 0.05) is 14.3 Å². The topological polar surface area (TPSA) is 62.2 Å². The minimum atomic E-state index is -0.992. The molecule has 1 aromatic heterocycles. The maximum absolute atomic E-state index is 10.7. The van der Waals surface area contributed by atoms with E-state index in [1.54, 1.807) is 5.38 Å². The number of anilines is 1. The van der Waals surface area contributed by atoms with Crippen LogP contribution in [0.25, 0.3) is 0 Å². The van der Waals surface area contributed by atoms with Gasteiger partial charge >= 0.3 is 5.97 Å². The summed E-state index contributed by atoms with van der Waals surface area (Å²) >= 11 is 8.02. The van der Waals surface area contributed by atoms with Crippen molar-refractivity contribution in [3.05, 3.63) is 43.2 Å². The van der Waals surface area contributed by atoms with Crippen LogP contribution in [-0.2, 0) is 6.54 Å². The molecule has 1 aromatic carbocycles. The molecule has 0 bridgehead atoms. The van der Waals surface area contributed by atoms with Gasteiger partial charge in [-0.15, -0.1) is 11.3 Å². The second-order valence-electron chi connectivity index (χ2n) is 3.40. The van der Waals surface area contributed by atoms with E-state index < -0.39 is 5.97 Å². The van der Waals surface area contributed by atoms with Crippen LogP contribution in [0.1, 0.15) is 15.5 Å².